The molecule has 34 heavy (non-hydrogen) atoms. The number of aliphatic hydroxyl groups is 1. The second-order valence-electron chi connectivity index (χ2n) is 9.71. The number of ether oxygens (including phenoxy) is 2. The van der Waals surface area contributed by atoms with Crippen LogP contribution in [0.5, 0.6) is 11.5 Å². The van der Waals surface area contributed by atoms with Crippen molar-refractivity contribution in [1.29, 1.82) is 0 Å². The summed E-state index contributed by atoms with van der Waals surface area (Å²) < 4.78 is 11.7. The summed E-state index contributed by atoms with van der Waals surface area (Å²) in [6.45, 7) is 9.25. The standard InChI is InChI=1S/C30H44O4/c1-22(2)10-6-11-23(3)12-7-13-24(4)17-19-34-30-21-27(26-15-8-16-28(26)32)25(14-9-18-31)20-29(30)33-5/h10,12,17,20-21,26,31H,6-9,11,13-16,18-19H2,1-5H3/b23-12+,24-17+. The average molecular weight is 469 g/mol. The zero-order chi connectivity index (χ0) is 24.9. The topological polar surface area (TPSA) is 55.8 Å². The van der Waals surface area contributed by atoms with E-state index in [-0.39, 0.29) is 12.5 Å². The van der Waals surface area contributed by atoms with Crippen LogP contribution in [0.1, 0.15) is 96.1 Å². The normalized spacial score (nSPS) is 16.6. The fourth-order valence-electron chi connectivity index (χ4n) is 4.46. The highest BCUT2D eigenvalue weighted by Gasteiger charge is 2.29. The molecule has 0 radical (unpaired) electrons. The first-order valence-electron chi connectivity index (χ1n) is 12.8. The summed E-state index contributed by atoms with van der Waals surface area (Å²) in [4.78, 5) is 12.5. The molecule has 1 aliphatic rings. The zero-order valence-electron chi connectivity index (χ0n) is 21.9. The lowest BCUT2D eigenvalue weighted by Crippen LogP contribution is -2.10. The van der Waals surface area contributed by atoms with Crippen LogP contribution in [0.15, 0.2) is 47.1 Å². The monoisotopic (exact) mass is 468 g/mol. The van der Waals surface area contributed by atoms with Crippen LogP contribution in [0.25, 0.3) is 0 Å². The van der Waals surface area contributed by atoms with Gasteiger partial charge in [0.25, 0.3) is 0 Å². The molecule has 1 saturated carbocycles. The minimum atomic E-state index is -0.0639. The second kappa shape index (κ2) is 14.8. The minimum Gasteiger partial charge on any atom is -0.493 e. The molecule has 1 aliphatic carbocycles. The molecule has 1 atom stereocenters. The van der Waals surface area contributed by atoms with Crippen LogP contribution in [0.3, 0.4) is 0 Å². The van der Waals surface area contributed by atoms with Gasteiger partial charge >= 0.3 is 0 Å². The van der Waals surface area contributed by atoms with Gasteiger partial charge in [0.1, 0.15) is 12.4 Å². The van der Waals surface area contributed by atoms with E-state index in [0.717, 1.165) is 56.1 Å². The number of rotatable bonds is 14. The maximum absolute atomic E-state index is 12.5. The number of aliphatic hydroxyl groups excluding tert-OH is 1. The van der Waals surface area contributed by atoms with Gasteiger partial charge in [-0.3, -0.25) is 4.79 Å². The van der Waals surface area contributed by atoms with Gasteiger partial charge in [-0.1, -0.05) is 28.9 Å². The number of aryl methyl sites for hydroxylation is 1. The van der Waals surface area contributed by atoms with Gasteiger partial charge in [-0.05, 0) is 108 Å². The average Bonchev–Trinajstić information content (AvgIpc) is 3.23. The van der Waals surface area contributed by atoms with Crippen LogP contribution >= 0.6 is 0 Å². The smallest absolute Gasteiger partial charge is 0.161 e. The first-order chi connectivity index (χ1) is 16.3. The molecule has 0 heterocycles. The molecule has 0 aliphatic heterocycles. The number of benzene rings is 1. The largest absolute Gasteiger partial charge is 0.493 e. The van der Waals surface area contributed by atoms with Crippen molar-refractivity contribution in [2.45, 2.75) is 91.4 Å². The van der Waals surface area contributed by atoms with Crippen molar-refractivity contribution < 1.29 is 19.4 Å². The third-order valence-corrected chi connectivity index (χ3v) is 6.50. The molecule has 4 heteroatoms. The van der Waals surface area contributed by atoms with E-state index in [2.05, 4.69) is 45.9 Å². The lowest BCUT2D eigenvalue weighted by molar-refractivity contribution is -0.118. The van der Waals surface area contributed by atoms with Gasteiger partial charge in [-0.2, -0.15) is 0 Å². The Kier molecular flexibility index (Phi) is 12.2. The van der Waals surface area contributed by atoms with E-state index in [1.165, 1.54) is 16.7 Å². The van der Waals surface area contributed by atoms with Gasteiger partial charge in [-0.15, -0.1) is 0 Å². The summed E-state index contributed by atoms with van der Waals surface area (Å²) in [7, 11) is 1.64. The summed E-state index contributed by atoms with van der Waals surface area (Å²) in [6, 6.07) is 3.99. The molecule has 1 unspecified atom stereocenters. The zero-order valence-corrected chi connectivity index (χ0v) is 21.9. The van der Waals surface area contributed by atoms with Gasteiger partial charge in [0.2, 0.25) is 0 Å². The molecular weight excluding hydrogens is 424 g/mol. The highest BCUT2D eigenvalue weighted by molar-refractivity contribution is 5.88. The molecule has 0 aromatic heterocycles. The summed E-state index contributed by atoms with van der Waals surface area (Å²) in [5, 5.41) is 9.30. The Balaban J connectivity index is 2.01. The number of hydrogen-bond acceptors (Lipinski definition) is 4. The summed E-state index contributed by atoms with van der Waals surface area (Å²) in [5.74, 6) is 1.61. The van der Waals surface area contributed by atoms with Crippen LogP contribution in [0.2, 0.25) is 0 Å². The quantitative estimate of drug-likeness (QED) is 0.292. The Bertz CT molecular complexity index is 887. The Morgan fingerprint density at radius 2 is 1.74 bits per heavy atom. The third kappa shape index (κ3) is 9.13. The predicted octanol–water partition coefficient (Wildman–Crippen LogP) is 7.25. The maximum atomic E-state index is 12.5. The van der Waals surface area contributed by atoms with Crippen LogP contribution in [0.4, 0.5) is 0 Å². The number of Topliss-reactive ketones (excluding diaryl/α,β-unsaturated/α-hetero) is 1. The third-order valence-electron chi connectivity index (χ3n) is 6.50. The van der Waals surface area contributed by atoms with Gasteiger partial charge in [-0.25, -0.2) is 0 Å². The Hall–Kier alpha value is -2.33. The van der Waals surface area contributed by atoms with Crippen LogP contribution < -0.4 is 9.47 Å². The maximum Gasteiger partial charge on any atom is 0.161 e. The molecule has 1 fully saturated rings. The van der Waals surface area contributed by atoms with Crippen molar-refractivity contribution in [3.63, 3.8) is 0 Å². The lowest BCUT2D eigenvalue weighted by atomic mass is 9.89. The summed E-state index contributed by atoms with van der Waals surface area (Å²) in [6.07, 6.45) is 14.9. The molecule has 4 nitrogen and oxygen atoms in total. The first kappa shape index (κ1) is 27.9. The van der Waals surface area contributed by atoms with Crippen molar-refractivity contribution in [3.05, 3.63) is 58.2 Å². The Labute approximate surface area is 206 Å². The van der Waals surface area contributed by atoms with E-state index in [1.54, 1.807) is 7.11 Å². The highest BCUT2D eigenvalue weighted by atomic mass is 16.5. The van der Waals surface area contributed by atoms with Gasteiger partial charge in [0, 0.05) is 18.9 Å². The molecule has 1 aromatic carbocycles. The SMILES string of the molecule is COc1cc(CCCO)c(C2CCCC2=O)cc1OC/C=C(\C)CC/C=C(\C)CCC=C(C)C. The molecule has 1 aromatic rings. The molecule has 1 N–H and O–H groups in total. The van der Waals surface area contributed by atoms with Crippen LogP contribution in [-0.4, -0.2) is 31.2 Å². The van der Waals surface area contributed by atoms with E-state index in [1.807, 2.05) is 12.1 Å². The van der Waals surface area contributed by atoms with Crippen molar-refractivity contribution >= 4 is 5.78 Å². The lowest BCUT2D eigenvalue weighted by Gasteiger charge is -2.19. The van der Waals surface area contributed by atoms with Gasteiger partial charge < -0.3 is 14.6 Å². The predicted molar refractivity (Wildman–Crippen MR) is 141 cm³/mol. The molecule has 0 bridgehead atoms. The summed E-state index contributed by atoms with van der Waals surface area (Å²) in [5.41, 5.74) is 6.25. The number of ketones is 1. The Morgan fingerprint density at radius 1 is 1.03 bits per heavy atom. The number of hydrogen-bond donors (Lipinski definition) is 1. The molecule has 0 saturated heterocycles. The van der Waals surface area contributed by atoms with Crippen LogP contribution in [-0.2, 0) is 11.2 Å². The summed E-state index contributed by atoms with van der Waals surface area (Å²) >= 11 is 0. The first-order valence-corrected chi connectivity index (χ1v) is 12.8. The minimum absolute atomic E-state index is 0.0639. The Morgan fingerprint density at radius 3 is 2.35 bits per heavy atom. The number of allylic oxidation sites excluding steroid dienone is 5. The highest BCUT2D eigenvalue weighted by Crippen LogP contribution is 2.39. The van der Waals surface area contributed by atoms with Gasteiger partial charge in [0.05, 0.1) is 7.11 Å². The van der Waals surface area contributed by atoms with E-state index < -0.39 is 0 Å². The molecule has 2 rings (SSSR count). The van der Waals surface area contributed by atoms with Crippen molar-refractivity contribution in [2.75, 3.05) is 20.3 Å². The number of carbonyl (C=O) groups excluding carboxylic acids is 1. The van der Waals surface area contributed by atoms with E-state index in [4.69, 9.17) is 9.47 Å². The number of methoxy groups -OCH3 is 1. The van der Waals surface area contributed by atoms with E-state index >= 15 is 0 Å². The van der Waals surface area contributed by atoms with E-state index in [0.29, 0.717) is 36.7 Å². The molecule has 188 valence electrons. The van der Waals surface area contributed by atoms with E-state index in [9.17, 15) is 9.90 Å². The van der Waals surface area contributed by atoms with Crippen molar-refractivity contribution in [2.24, 2.45) is 0 Å². The fourth-order valence-corrected chi connectivity index (χ4v) is 4.46. The van der Waals surface area contributed by atoms with Gasteiger partial charge in [0.15, 0.2) is 11.5 Å². The second-order valence-corrected chi connectivity index (χ2v) is 9.71. The van der Waals surface area contributed by atoms with Crippen molar-refractivity contribution in [1.82, 2.24) is 0 Å². The molecule has 0 spiro atoms. The van der Waals surface area contributed by atoms with Crippen molar-refractivity contribution in [3.8, 4) is 11.5 Å². The number of carbonyl (C=O) groups is 1. The fraction of sp³-hybridized carbons (Fsp3) is 0.567. The molecule has 0 amide bonds. The van der Waals surface area contributed by atoms with Crippen LogP contribution in [0, 0.1) is 0 Å². The molecular formula is C30H44O4.